The van der Waals surface area contributed by atoms with Crippen LogP contribution in [0, 0.1) is 12.8 Å². The highest BCUT2D eigenvalue weighted by molar-refractivity contribution is 7.99. The lowest BCUT2D eigenvalue weighted by atomic mass is 10.4. The normalized spacial score (nSPS) is 11.0. The predicted octanol–water partition coefficient (Wildman–Crippen LogP) is 3.71. The van der Waals surface area contributed by atoms with Crippen molar-refractivity contribution >= 4 is 23.5 Å². The van der Waals surface area contributed by atoms with Crippen LogP contribution in [0.25, 0.3) is 0 Å². The molecular formula is C14H28O2S2. The molecule has 4 heteroatoms. The van der Waals surface area contributed by atoms with Crippen molar-refractivity contribution in [1.82, 2.24) is 0 Å². The zero-order valence-electron chi connectivity index (χ0n) is 11.9. The van der Waals surface area contributed by atoms with E-state index in [1.54, 1.807) is 0 Å². The third-order valence-corrected chi connectivity index (χ3v) is 4.18. The molecule has 0 N–H and O–H groups in total. The first kappa shape index (κ1) is 18.6. The van der Waals surface area contributed by atoms with Gasteiger partial charge < -0.3 is 9.47 Å². The number of ether oxygens (including phenoxy) is 2. The zero-order chi connectivity index (χ0) is 13.3. The Morgan fingerprint density at radius 3 is 1.50 bits per heavy atom. The summed E-state index contributed by atoms with van der Waals surface area (Å²) in [5, 5.41) is 0. The molecule has 0 bridgehead atoms. The zero-order valence-corrected chi connectivity index (χ0v) is 13.5. The van der Waals surface area contributed by atoms with E-state index in [2.05, 4.69) is 26.7 Å². The van der Waals surface area contributed by atoms with Crippen molar-refractivity contribution in [3.05, 3.63) is 12.8 Å². The molecule has 0 aliphatic rings. The molecule has 2 nitrogen and oxygen atoms in total. The minimum absolute atomic E-state index is 0.730. The average Bonchev–Trinajstić information content (AvgIpc) is 2.39. The molecule has 0 saturated heterocycles. The van der Waals surface area contributed by atoms with Crippen LogP contribution < -0.4 is 0 Å². The van der Waals surface area contributed by atoms with Gasteiger partial charge in [0.25, 0.3) is 0 Å². The van der Waals surface area contributed by atoms with Crippen molar-refractivity contribution in [2.24, 2.45) is 0 Å². The van der Waals surface area contributed by atoms with E-state index in [1.807, 2.05) is 23.5 Å². The van der Waals surface area contributed by atoms with Gasteiger partial charge in [-0.05, 0) is 37.2 Å². The Bertz CT molecular complexity index is 130. The van der Waals surface area contributed by atoms with Gasteiger partial charge in [-0.2, -0.15) is 23.5 Å². The van der Waals surface area contributed by atoms with Gasteiger partial charge in [0, 0.05) is 11.5 Å². The molecular weight excluding hydrogens is 264 g/mol. The van der Waals surface area contributed by atoms with Gasteiger partial charge in [-0.25, -0.2) is 0 Å². The lowest BCUT2D eigenvalue weighted by Crippen LogP contribution is -2.08. The summed E-state index contributed by atoms with van der Waals surface area (Å²) in [6, 6.07) is 0. The second kappa shape index (κ2) is 17.6. The Labute approximate surface area is 122 Å². The quantitative estimate of drug-likeness (QED) is 0.428. The number of hydrogen-bond donors (Lipinski definition) is 0. The van der Waals surface area contributed by atoms with Crippen LogP contribution in [-0.2, 0) is 9.47 Å². The molecule has 0 fully saturated rings. The summed E-state index contributed by atoms with van der Waals surface area (Å²) in [4.78, 5) is 0. The van der Waals surface area contributed by atoms with Gasteiger partial charge in [0.1, 0.15) is 0 Å². The van der Waals surface area contributed by atoms with Gasteiger partial charge in [-0.3, -0.25) is 0 Å². The molecule has 0 aromatic heterocycles. The topological polar surface area (TPSA) is 18.5 Å². The Hall–Kier alpha value is 0.620. The van der Waals surface area contributed by atoms with E-state index in [0.717, 1.165) is 37.9 Å². The number of hydrogen-bond acceptors (Lipinski definition) is 4. The second-order valence-corrected chi connectivity index (χ2v) is 6.29. The van der Waals surface area contributed by atoms with Gasteiger partial charge in [0.05, 0.1) is 26.4 Å². The van der Waals surface area contributed by atoms with Crippen LogP contribution in [0.15, 0.2) is 0 Å². The van der Waals surface area contributed by atoms with Crippen molar-refractivity contribution in [2.75, 3.05) is 49.4 Å². The highest BCUT2D eigenvalue weighted by Crippen LogP contribution is 2.04. The summed E-state index contributed by atoms with van der Waals surface area (Å²) < 4.78 is 11.0. The summed E-state index contributed by atoms with van der Waals surface area (Å²) in [5.41, 5.74) is 0. The fraction of sp³-hybridized carbons (Fsp3) is 0.857. The Morgan fingerprint density at radius 1 is 0.667 bits per heavy atom. The molecule has 0 aromatic carbocycles. The Kier molecular flexibility index (Phi) is 18.2. The fourth-order valence-corrected chi connectivity index (χ4v) is 2.85. The van der Waals surface area contributed by atoms with Crippen LogP contribution >= 0.6 is 23.5 Å². The van der Waals surface area contributed by atoms with Gasteiger partial charge in [0.15, 0.2) is 0 Å². The van der Waals surface area contributed by atoms with Crippen LogP contribution in [0.2, 0.25) is 0 Å². The molecule has 0 atom stereocenters. The molecule has 0 unspecified atom stereocenters. The molecule has 0 spiro atoms. The van der Waals surface area contributed by atoms with Crippen LogP contribution in [-0.4, -0.2) is 49.4 Å². The molecule has 0 aliphatic heterocycles. The molecule has 0 rings (SSSR count). The largest absolute Gasteiger partial charge is 0.378 e. The van der Waals surface area contributed by atoms with Crippen molar-refractivity contribution in [3.63, 3.8) is 0 Å². The highest BCUT2D eigenvalue weighted by atomic mass is 32.2. The molecule has 108 valence electrons. The maximum atomic E-state index is 5.49. The first-order chi connectivity index (χ1) is 8.91. The highest BCUT2D eigenvalue weighted by Gasteiger charge is 1.93. The molecule has 2 radical (unpaired) electrons. The number of thioether (sulfide) groups is 2. The van der Waals surface area contributed by atoms with Crippen molar-refractivity contribution < 1.29 is 9.47 Å². The second-order valence-electron chi connectivity index (χ2n) is 3.84. The average molecular weight is 293 g/mol. The van der Waals surface area contributed by atoms with Gasteiger partial charge >= 0.3 is 0 Å². The monoisotopic (exact) mass is 292 g/mol. The van der Waals surface area contributed by atoms with Crippen LogP contribution in [0.5, 0.6) is 0 Å². The number of rotatable bonds is 15. The van der Waals surface area contributed by atoms with Crippen LogP contribution in [0.4, 0.5) is 0 Å². The molecule has 0 heterocycles. The van der Waals surface area contributed by atoms with Gasteiger partial charge in [-0.15, -0.1) is 0 Å². The first-order valence-corrected chi connectivity index (χ1v) is 9.09. The lowest BCUT2D eigenvalue weighted by molar-refractivity contribution is 0.0605. The molecule has 0 aromatic rings. The fourth-order valence-electron chi connectivity index (χ4n) is 1.16. The van der Waals surface area contributed by atoms with E-state index >= 15 is 0 Å². The van der Waals surface area contributed by atoms with Crippen LogP contribution in [0.1, 0.15) is 26.7 Å². The summed E-state index contributed by atoms with van der Waals surface area (Å²) in [5.74, 6) is 4.61. The Morgan fingerprint density at radius 2 is 1.11 bits per heavy atom. The third kappa shape index (κ3) is 16.6. The molecule has 0 aliphatic carbocycles. The summed E-state index contributed by atoms with van der Waals surface area (Å²) in [6.45, 7) is 7.36. The lowest BCUT2D eigenvalue weighted by Gasteiger charge is -2.05. The summed E-state index contributed by atoms with van der Waals surface area (Å²) in [6.07, 6.45) is 6.80. The van der Waals surface area contributed by atoms with E-state index in [-0.39, 0.29) is 0 Å². The maximum absolute atomic E-state index is 5.49. The minimum atomic E-state index is 0.730. The van der Waals surface area contributed by atoms with E-state index in [4.69, 9.17) is 9.47 Å². The van der Waals surface area contributed by atoms with E-state index < -0.39 is 0 Å². The maximum Gasteiger partial charge on any atom is 0.0700 e. The molecule has 18 heavy (non-hydrogen) atoms. The van der Waals surface area contributed by atoms with E-state index in [9.17, 15) is 0 Å². The summed E-state index contributed by atoms with van der Waals surface area (Å²) in [7, 11) is 0. The van der Waals surface area contributed by atoms with Crippen LogP contribution in [0.3, 0.4) is 0 Å². The first-order valence-electron chi connectivity index (χ1n) is 6.78. The molecule has 0 amide bonds. The van der Waals surface area contributed by atoms with Gasteiger partial charge in [0.2, 0.25) is 0 Å². The van der Waals surface area contributed by atoms with E-state index in [1.165, 1.54) is 24.3 Å². The minimum Gasteiger partial charge on any atom is -0.378 e. The van der Waals surface area contributed by atoms with Crippen molar-refractivity contribution in [3.8, 4) is 0 Å². The van der Waals surface area contributed by atoms with Crippen molar-refractivity contribution in [1.29, 1.82) is 0 Å². The van der Waals surface area contributed by atoms with E-state index in [0.29, 0.717) is 0 Å². The Balaban J connectivity index is 2.86. The third-order valence-electron chi connectivity index (χ3n) is 2.22. The predicted molar refractivity (Wildman–Crippen MR) is 85.5 cm³/mol. The number of unbranched alkanes of at least 4 members (excludes halogenated alkanes) is 2. The summed E-state index contributed by atoms with van der Waals surface area (Å²) >= 11 is 3.91. The standard InChI is InChI=1S/C14H28O2S2/c1-3-5-11-17-13-9-15-7-8-16-10-14-18-12-6-4-2/h3-4H,5-14H2,1-2H3. The smallest absolute Gasteiger partial charge is 0.0700 e. The SMILES string of the molecule is C[CH]CCSCCOCCOCCSCC[CH]C. The molecule has 0 saturated carbocycles. The van der Waals surface area contributed by atoms with Gasteiger partial charge in [-0.1, -0.05) is 13.8 Å². The van der Waals surface area contributed by atoms with Crippen molar-refractivity contribution in [2.45, 2.75) is 26.7 Å².